The minimum Gasteiger partial charge on any atom is -0.497 e. The minimum absolute atomic E-state index is 0.0370. The second-order valence-corrected chi connectivity index (χ2v) is 6.82. The van der Waals surface area contributed by atoms with E-state index in [2.05, 4.69) is 10.2 Å². The zero-order valence-corrected chi connectivity index (χ0v) is 17.1. The Kier molecular flexibility index (Phi) is 7.58. The highest BCUT2D eigenvalue weighted by atomic mass is 16.5. The van der Waals surface area contributed by atoms with Crippen molar-refractivity contribution in [2.24, 2.45) is 0 Å². The fourth-order valence-corrected chi connectivity index (χ4v) is 3.27. The predicted octanol–water partition coefficient (Wildman–Crippen LogP) is 2.61. The number of hydrogen-bond donors (Lipinski definition) is 1. The van der Waals surface area contributed by atoms with Crippen LogP contribution in [0.1, 0.15) is 5.56 Å². The van der Waals surface area contributed by atoms with Crippen molar-refractivity contribution < 1.29 is 19.0 Å². The lowest BCUT2D eigenvalue weighted by atomic mass is 10.2. The molecule has 1 aliphatic heterocycles. The van der Waals surface area contributed by atoms with Crippen LogP contribution in [0.25, 0.3) is 0 Å². The zero-order chi connectivity index (χ0) is 20.5. The van der Waals surface area contributed by atoms with E-state index >= 15 is 0 Å². The van der Waals surface area contributed by atoms with Crippen LogP contribution in [0.2, 0.25) is 0 Å². The molecule has 1 N–H and O–H groups in total. The molecule has 0 spiro atoms. The number of benzene rings is 2. The van der Waals surface area contributed by atoms with Crippen LogP contribution in [0, 0.1) is 0 Å². The fourth-order valence-electron chi connectivity index (χ4n) is 3.27. The normalized spacial score (nSPS) is 14.3. The first-order valence-electron chi connectivity index (χ1n) is 9.83. The SMILES string of the molecule is COc1ccc(OCCN2CCN(C(=O)NCc3ccccc3OC)CC2)cc1. The molecule has 1 fully saturated rings. The fraction of sp³-hybridized carbons (Fsp3) is 0.409. The molecule has 2 aromatic carbocycles. The quantitative estimate of drug-likeness (QED) is 0.739. The Bertz CT molecular complexity index is 774. The first-order valence-corrected chi connectivity index (χ1v) is 9.83. The van der Waals surface area contributed by atoms with Gasteiger partial charge in [0.15, 0.2) is 0 Å². The van der Waals surface area contributed by atoms with E-state index in [1.165, 1.54) is 0 Å². The van der Waals surface area contributed by atoms with Crippen LogP contribution in [0.3, 0.4) is 0 Å². The molecule has 7 nitrogen and oxygen atoms in total. The van der Waals surface area contributed by atoms with Gasteiger partial charge in [-0.25, -0.2) is 4.79 Å². The molecule has 3 rings (SSSR count). The maximum Gasteiger partial charge on any atom is 0.317 e. The number of nitrogens with zero attached hydrogens (tertiary/aromatic N) is 2. The van der Waals surface area contributed by atoms with Gasteiger partial charge in [-0.05, 0) is 30.3 Å². The van der Waals surface area contributed by atoms with Crippen LogP contribution < -0.4 is 19.5 Å². The van der Waals surface area contributed by atoms with Crippen molar-refractivity contribution in [3.63, 3.8) is 0 Å². The number of hydrogen-bond acceptors (Lipinski definition) is 5. The number of para-hydroxylation sites is 1. The molecular formula is C22H29N3O4. The van der Waals surface area contributed by atoms with Crippen LogP contribution >= 0.6 is 0 Å². The van der Waals surface area contributed by atoms with Gasteiger partial charge in [-0.3, -0.25) is 4.90 Å². The lowest BCUT2D eigenvalue weighted by Crippen LogP contribution is -2.52. The van der Waals surface area contributed by atoms with Crippen molar-refractivity contribution in [3.05, 3.63) is 54.1 Å². The molecule has 0 saturated carbocycles. The Hall–Kier alpha value is -2.93. The van der Waals surface area contributed by atoms with Gasteiger partial charge in [-0.15, -0.1) is 0 Å². The summed E-state index contributed by atoms with van der Waals surface area (Å²) >= 11 is 0. The molecule has 1 saturated heterocycles. The van der Waals surface area contributed by atoms with Crippen molar-refractivity contribution in [2.75, 3.05) is 53.6 Å². The molecule has 0 aliphatic carbocycles. The van der Waals surface area contributed by atoms with E-state index < -0.39 is 0 Å². The molecular weight excluding hydrogens is 370 g/mol. The maximum atomic E-state index is 12.4. The Morgan fingerprint density at radius 3 is 2.31 bits per heavy atom. The first-order chi connectivity index (χ1) is 14.2. The predicted molar refractivity (Wildman–Crippen MR) is 112 cm³/mol. The lowest BCUT2D eigenvalue weighted by molar-refractivity contribution is 0.126. The van der Waals surface area contributed by atoms with Crippen molar-refractivity contribution >= 4 is 6.03 Å². The van der Waals surface area contributed by atoms with E-state index in [4.69, 9.17) is 14.2 Å². The van der Waals surface area contributed by atoms with Crippen LogP contribution in [0.15, 0.2) is 48.5 Å². The summed E-state index contributed by atoms with van der Waals surface area (Å²) in [5, 5.41) is 2.99. The number of amides is 2. The molecule has 0 unspecified atom stereocenters. The molecule has 0 atom stereocenters. The topological polar surface area (TPSA) is 63.3 Å². The molecule has 1 aliphatic rings. The minimum atomic E-state index is -0.0370. The van der Waals surface area contributed by atoms with E-state index in [0.29, 0.717) is 26.2 Å². The smallest absolute Gasteiger partial charge is 0.317 e. The zero-order valence-electron chi connectivity index (χ0n) is 17.1. The molecule has 0 radical (unpaired) electrons. The van der Waals surface area contributed by atoms with E-state index in [1.807, 2.05) is 53.4 Å². The summed E-state index contributed by atoms with van der Waals surface area (Å²) in [7, 11) is 3.28. The van der Waals surface area contributed by atoms with Crippen molar-refractivity contribution in [2.45, 2.75) is 6.54 Å². The lowest BCUT2D eigenvalue weighted by Gasteiger charge is -2.34. The van der Waals surface area contributed by atoms with E-state index in [9.17, 15) is 4.79 Å². The average molecular weight is 399 g/mol. The number of ether oxygens (including phenoxy) is 3. The average Bonchev–Trinajstić information content (AvgIpc) is 2.78. The van der Waals surface area contributed by atoms with Crippen molar-refractivity contribution in [1.29, 1.82) is 0 Å². The maximum absolute atomic E-state index is 12.4. The van der Waals surface area contributed by atoms with Crippen LogP contribution in [-0.4, -0.2) is 69.4 Å². The second kappa shape index (κ2) is 10.6. The third-order valence-corrected chi connectivity index (χ3v) is 5.02. The first kappa shape index (κ1) is 20.8. The van der Waals surface area contributed by atoms with Gasteiger partial charge in [0.05, 0.1) is 14.2 Å². The van der Waals surface area contributed by atoms with Gasteiger partial charge in [0.1, 0.15) is 23.9 Å². The Balaban J connectivity index is 1.35. The van der Waals surface area contributed by atoms with Gasteiger partial charge in [0.25, 0.3) is 0 Å². The molecule has 1 heterocycles. The van der Waals surface area contributed by atoms with E-state index in [1.54, 1.807) is 14.2 Å². The van der Waals surface area contributed by atoms with Gasteiger partial charge in [0, 0.05) is 44.8 Å². The number of methoxy groups -OCH3 is 2. The summed E-state index contributed by atoms with van der Waals surface area (Å²) in [5.74, 6) is 2.44. The highest BCUT2D eigenvalue weighted by Gasteiger charge is 2.21. The summed E-state index contributed by atoms with van der Waals surface area (Å²) in [5.41, 5.74) is 0.970. The Morgan fingerprint density at radius 2 is 1.62 bits per heavy atom. The van der Waals surface area contributed by atoms with Crippen molar-refractivity contribution in [1.82, 2.24) is 15.1 Å². The second-order valence-electron chi connectivity index (χ2n) is 6.82. The number of carbonyl (C=O) groups is 1. The number of nitrogens with one attached hydrogen (secondary N) is 1. The van der Waals surface area contributed by atoms with Gasteiger partial charge in [-0.2, -0.15) is 0 Å². The molecule has 7 heteroatoms. The van der Waals surface area contributed by atoms with Crippen LogP contribution in [0.4, 0.5) is 4.79 Å². The Labute approximate surface area is 172 Å². The highest BCUT2D eigenvalue weighted by molar-refractivity contribution is 5.74. The molecule has 156 valence electrons. The number of rotatable bonds is 8. The number of urea groups is 1. The molecule has 0 bridgehead atoms. The number of carbonyl (C=O) groups excluding carboxylic acids is 1. The summed E-state index contributed by atoms with van der Waals surface area (Å²) in [4.78, 5) is 16.6. The third kappa shape index (κ3) is 6.02. The standard InChI is InChI=1S/C22H29N3O4/c1-27-19-7-9-20(10-8-19)29-16-15-24-11-13-25(14-12-24)22(26)23-17-18-5-3-4-6-21(18)28-2/h3-10H,11-17H2,1-2H3,(H,23,26). The van der Waals surface area contributed by atoms with Crippen LogP contribution in [-0.2, 0) is 6.54 Å². The summed E-state index contributed by atoms with van der Waals surface area (Å²) < 4.78 is 16.3. The summed E-state index contributed by atoms with van der Waals surface area (Å²) in [6, 6.07) is 15.3. The highest BCUT2D eigenvalue weighted by Crippen LogP contribution is 2.18. The van der Waals surface area contributed by atoms with E-state index in [0.717, 1.165) is 42.4 Å². The van der Waals surface area contributed by atoms with Crippen LogP contribution in [0.5, 0.6) is 17.2 Å². The Morgan fingerprint density at radius 1 is 0.931 bits per heavy atom. The van der Waals surface area contributed by atoms with Gasteiger partial charge >= 0.3 is 6.03 Å². The monoisotopic (exact) mass is 399 g/mol. The molecule has 0 aromatic heterocycles. The summed E-state index contributed by atoms with van der Waals surface area (Å²) in [6.07, 6.45) is 0. The van der Waals surface area contributed by atoms with Crippen molar-refractivity contribution in [3.8, 4) is 17.2 Å². The molecule has 2 aromatic rings. The van der Waals surface area contributed by atoms with Gasteiger partial charge < -0.3 is 24.4 Å². The summed E-state index contributed by atoms with van der Waals surface area (Å²) in [6.45, 7) is 5.01. The number of piperazine rings is 1. The van der Waals surface area contributed by atoms with Gasteiger partial charge in [-0.1, -0.05) is 18.2 Å². The molecule has 2 amide bonds. The third-order valence-electron chi connectivity index (χ3n) is 5.02. The molecule has 29 heavy (non-hydrogen) atoms. The largest absolute Gasteiger partial charge is 0.497 e. The van der Waals surface area contributed by atoms with E-state index in [-0.39, 0.29) is 6.03 Å². The van der Waals surface area contributed by atoms with Gasteiger partial charge in [0.2, 0.25) is 0 Å².